The van der Waals surface area contributed by atoms with Gasteiger partial charge >= 0.3 is 5.97 Å². The van der Waals surface area contributed by atoms with Crippen LogP contribution in [0.5, 0.6) is 5.75 Å². The van der Waals surface area contributed by atoms with Crippen molar-refractivity contribution in [3.05, 3.63) is 94.7 Å². The van der Waals surface area contributed by atoms with Crippen molar-refractivity contribution in [3.63, 3.8) is 0 Å². The van der Waals surface area contributed by atoms with Gasteiger partial charge in [0.05, 0.1) is 16.1 Å². The highest BCUT2D eigenvalue weighted by molar-refractivity contribution is 6.33. The van der Waals surface area contributed by atoms with Crippen LogP contribution in [-0.4, -0.2) is 16.2 Å². The lowest BCUT2D eigenvalue weighted by atomic mass is 10.0. The predicted octanol–water partition coefficient (Wildman–Crippen LogP) is 7.06. The number of carboxylic acid groups (broad SMARTS) is 1. The number of aromatic nitrogens is 1. The normalized spacial score (nSPS) is 11.0. The van der Waals surface area contributed by atoms with Crippen LogP contribution in [0.2, 0.25) is 5.02 Å². The molecule has 0 aliphatic carbocycles. The topological polar surface area (TPSA) is 72.6 Å². The van der Waals surface area contributed by atoms with Gasteiger partial charge in [0.1, 0.15) is 23.8 Å². The van der Waals surface area contributed by atoms with E-state index in [2.05, 4.69) is 5.16 Å². The molecule has 5 nitrogen and oxygen atoms in total. The summed E-state index contributed by atoms with van der Waals surface area (Å²) >= 11 is 6.38. The Labute approximate surface area is 191 Å². The Kier molecular flexibility index (Phi) is 6.28. The Morgan fingerprint density at radius 2 is 1.78 bits per heavy atom. The number of rotatable bonds is 7. The van der Waals surface area contributed by atoms with Crippen molar-refractivity contribution < 1.29 is 19.2 Å². The Morgan fingerprint density at radius 1 is 1.03 bits per heavy atom. The molecule has 0 saturated heterocycles. The molecule has 0 atom stereocenters. The summed E-state index contributed by atoms with van der Waals surface area (Å²) in [4.78, 5) is 11.2. The van der Waals surface area contributed by atoms with Crippen molar-refractivity contribution in [3.8, 4) is 28.1 Å². The van der Waals surface area contributed by atoms with Crippen molar-refractivity contribution in [1.82, 2.24) is 5.16 Å². The molecule has 32 heavy (non-hydrogen) atoms. The number of benzene rings is 3. The highest BCUT2D eigenvalue weighted by Crippen LogP contribution is 2.34. The van der Waals surface area contributed by atoms with Gasteiger partial charge in [-0.25, -0.2) is 4.79 Å². The molecule has 6 heteroatoms. The summed E-state index contributed by atoms with van der Waals surface area (Å²) in [7, 11) is 0. The lowest BCUT2D eigenvalue weighted by Gasteiger charge is -2.11. The molecule has 4 rings (SSSR count). The second-order valence-corrected chi connectivity index (χ2v) is 8.11. The first-order chi connectivity index (χ1) is 15.4. The van der Waals surface area contributed by atoms with Crippen LogP contribution in [-0.2, 0) is 6.61 Å². The molecule has 1 N–H and O–H groups in total. The van der Waals surface area contributed by atoms with Crippen molar-refractivity contribution >= 4 is 17.6 Å². The molecule has 1 heterocycles. The second-order valence-electron chi connectivity index (χ2n) is 7.71. The molecule has 0 bridgehead atoms. The smallest absolute Gasteiger partial charge is 0.335 e. The minimum absolute atomic E-state index is 0.140. The maximum atomic E-state index is 11.2. The third kappa shape index (κ3) is 4.53. The van der Waals surface area contributed by atoms with Gasteiger partial charge in [0.15, 0.2) is 0 Å². The quantitative estimate of drug-likeness (QED) is 0.328. The number of nitrogens with zero attached hydrogens (tertiary/aromatic N) is 1. The minimum Gasteiger partial charge on any atom is -0.489 e. The zero-order chi connectivity index (χ0) is 22.7. The van der Waals surface area contributed by atoms with E-state index in [1.165, 1.54) is 0 Å². The highest BCUT2D eigenvalue weighted by Gasteiger charge is 2.22. The van der Waals surface area contributed by atoms with Gasteiger partial charge in [0.2, 0.25) is 0 Å². The SMILES string of the molecule is CC(C)c1onc(-c2ccccc2Cl)c1COc1ccc(-c2cccc(C(=O)O)c2)cc1. The summed E-state index contributed by atoms with van der Waals surface area (Å²) in [6, 6.07) is 21.9. The number of hydrogen-bond donors (Lipinski definition) is 1. The highest BCUT2D eigenvalue weighted by atomic mass is 35.5. The van der Waals surface area contributed by atoms with Crippen molar-refractivity contribution in [1.29, 1.82) is 0 Å². The van der Waals surface area contributed by atoms with Gasteiger partial charge in [0.25, 0.3) is 0 Å². The maximum absolute atomic E-state index is 11.2. The monoisotopic (exact) mass is 447 g/mol. The summed E-state index contributed by atoms with van der Waals surface area (Å²) in [5.41, 5.74) is 4.34. The summed E-state index contributed by atoms with van der Waals surface area (Å²) in [6.45, 7) is 4.37. The summed E-state index contributed by atoms with van der Waals surface area (Å²) < 4.78 is 11.7. The first-order valence-electron chi connectivity index (χ1n) is 10.2. The largest absolute Gasteiger partial charge is 0.489 e. The molecule has 0 fully saturated rings. The van der Waals surface area contributed by atoms with Crippen LogP contribution in [0.25, 0.3) is 22.4 Å². The van der Waals surface area contributed by atoms with E-state index in [0.717, 1.165) is 28.0 Å². The molecule has 0 amide bonds. The lowest BCUT2D eigenvalue weighted by Crippen LogP contribution is -2.01. The van der Waals surface area contributed by atoms with E-state index < -0.39 is 5.97 Å². The molecule has 1 aromatic heterocycles. The molecule has 4 aromatic rings. The fourth-order valence-electron chi connectivity index (χ4n) is 3.51. The molecule has 0 radical (unpaired) electrons. The molecule has 162 valence electrons. The zero-order valence-corrected chi connectivity index (χ0v) is 18.5. The van der Waals surface area contributed by atoms with Gasteiger partial charge < -0.3 is 14.4 Å². The molecular weight excluding hydrogens is 426 g/mol. The molecule has 0 saturated carbocycles. The van der Waals surface area contributed by atoms with Gasteiger partial charge in [-0.15, -0.1) is 0 Å². The Hall–Kier alpha value is -3.57. The molecule has 3 aromatic carbocycles. The Morgan fingerprint density at radius 3 is 2.47 bits per heavy atom. The van der Waals surface area contributed by atoms with Gasteiger partial charge in [-0.1, -0.05) is 73.1 Å². The summed E-state index contributed by atoms with van der Waals surface area (Å²) in [6.07, 6.45) is 0. The molecule has 0 unspecified atom stereocenters. The molecule has 0 spiro atoms. The number of carbonyl (C=O) groups is 1. The van der Waals surface area contributed by atoms with E-state index in [9.17, 15) is 9.90 Å². The Balaban J connectivity index is 1.57. The number of aromatic carboxylic acids is 1. The molecule has 0 aliphatic rings. The van der Waals surface area contributed by atoms with Crippen LogP contribution in [0.4, 0.5) is 0 Å². The van der Waals surface area contributed by atoms with E-state index in [-0.39, 0.29) is 18.1 Å². The number of hydrogen-bond acceptors (Lipinski definition) is 4. The van der Waals surface area contributed by atoms with E-state index in [0.29, 0.717) is 16.5 Å². The first kappa shape index (κ1) is 21.7. The van der Waals surface area contributed by atoms with Gasteiger partial charge in [-0.3, -0.25) is 0 Å². The zero-order valence-electron chi connectivity index (χ0n) is 17.7. The van der Waals surface area contributed by atoms with Crippen molar-refractivity contribution in [2.24, 2.45) is 0 Å². The van der Waals surface area contributed by atoms with E-state index in [1.807, 2.05) is 68.4 Å². The van der Waals surface area contributed by atoms with Crippen LogP contribution in [0, 0.1) is 0 Å². The van der Waals surface area contributed by atoms with Gasteiger partial charge in [-0.05, 0) is 41.5 Å². The number of carboxylic acids is 1. The number of halogens is 1. The Bertz CT molecular complexity index is 1240. The van der Waals surface area contributed by atoms with Crippen LogP contribution < -0.4 is 4.74 Å². The molecular formula is C26H22ClNO4. The standard InChI is InChI=1S/C26H22ClNO4/c1-16(2)25-22(24(28-32-25)21-8-3-4-9-23(21)27)15-31-20-12-10-17(11-13-20)18-6-5-7-19(14-18)26(29)30/h3-14,16H,15H2,1-2H3,(H,29,30). The van der Waals surface area contributed by atoms with Crippen LogP contribution in [0.15, 0.2) is 77.3 Å². The third-order valence-corrected chi connectivity index (χ3v) is 5.48. The second kappa shape index (κ2) is 9.28. The average Bonchev–Trinajstić information content (AvgIpc) is 3.22. The van der Waals surface area contributed by atoms with Crippen LogP contribution in [0.3, 0.4) is 0 Å². The minimum atomic E-state index is -0.948. The summed E-state index contributed by atoms with van der Waals surface area (Å²) in [5.74, 6) is 0.642. The number of ether oxygens (including phenoxy) is 1. The first-order valence-corrected chi connectivity index (χ1v) is 10.6. The molecule has 0 aliphatic heterocycles. The summed E-state index contributed by atoms with van der Waals surface area (Å²) in [5, 5.41) is 14.1. The predicted molar refractivity (Wildman–Crippen MR) is 124 cm³/mol. The van der Waals surface area contributed by atoms with E-state index in [4.69, 9.17) is 20.9 Å². The van der Waals surface area contributed by atoms with Crippen LogP contribution in [0.1, 0.15) is 41.4 Å². The fourth-order valence-corrected chi connectivity index (χ4v) is 3.74. The van der Waals surface area contributed by atoms with Crippen molar-refractivity contribution in [2.75, 3.05) is 0 Å². The van der Waals surface area contributed by atoms with Crippen molar-refractivity contribution in [2.45, 2.75) is 26.4 Å². The fraction of sp³-hybridized carbons (Fsp3) is 0.154. The third-order valence-electron chi connectivity index (χ3n) is 5.15. The maximum Gasteiger partial charge on any atom is 0.335 e. The van der Waals surface area contributed by atoms with Gasteiger partial charge in [0, 0.05) is 11.5 Å². The lowest BCUT2D eigenvalue weighted by molar-refractivity contribution is 0.0697. The van der Waals surface area contributed by atoms with Crippen LogP contribution >= 0.6 is 11.6 Å². The van der Waals surface area contributed by atoms with E-state index >= 15 is 0 Å². The van der Waals surface area contributed by atoms with E-state index in [1.54, 1.807) is 18.2 Å². The average molecular weight is 448 g/mol. The van der Waals surface area contributed by atoms with Gasteiger partial charge in [-0.2, -0.15) is 0 Å².